The van der Waals surface area contributed by atoms with Crippen LogP contribution in [0.4, 0.5) is 10.7 Å². The van der Waals surface area contributed by atoms with Gasteiger partial charge < -0.3 is 10.0 Å². The van der Waals surface area contributed by atoms with Gasteiger partial charge in [0.25, 0.3) is 0 Å². The Kier molecular flexibility index (Phi) is 4.01. The fraction of sp³-hybridized carbons (Fsp3) is 0.400. The Morgan fingerprint density at radius 1 is 1.14 bits per heavy atom. The Hall–Kier alpha value is -2.03. The Morgan fingerprint density at radius 3 is 2.57 bits per heavy atom. The summed E-state index contributed by atoms with van der Waals surface area (Å²) in [5.74, 6) is 0.900. The lowest BCUT2D eigenvalue weighted by Crippen LogP contribution is -2.48. The summed E-state index contributed by atoms with van der Waals surface area (Å²) in [6.45, 7) is 0.525. The van der Waals surface area contributed by atoms with Crippen molar-refractivity contribution in [2.24, 2.45) is 4.99 Å². The van der Waals surface area contributed by atoms with E-state index in [1.807, 2.05) is 34.5 Å². The molecule has 2 saturated heterocycles. The average Bonchev–Trinajstić information content (AvgIpc) is 3.28. The molecule has 1 atom stereocenters. The number of rotatable bonds is 2. The molecule has 146 valence electrons. The summed E-state index contributed by atoms with van der Waals surface area (Å²) in [4.78, 5) is 19.3. The minimum atomic E-state index is -2.87. The van der Waals surface area contributed by atoms with Crippen LogP contribution in [0.2, 0.25) is 0 Å². The van der Waals surface area contributed by atoms with Gasteiger partial charge in [0.1, 0.15) is 14.8 Å². The third-order valence-electron chi connectivity index (χ3n) is 6.03. The van der Waals surface area contributed by atoms with E-state index in [2.05, 4.69) is 4.99 Å². The summed E-state index contributed by atoms with van der Waals surface area (Å²) in [6.07, 6.45) is 1.64. The highest BCUT2D eigenvalue weighted by atomic mass is 32.2. The van der Waals surface area contributed by atoms with E-state index >= 15 is 0 Å². The van der Waals surface area contributed by atoms with Crippen LogP contribution < -0.4 is 4.90 Å². The third kappa shape index (κ3) is 2.74. The second-order valence-corrected chi connectivity index (χ2v) is 10.9. The number of nitrogens with zero attached hydrogens (tertiary/aromatic N) is 2. The molecule has 1 aromatic carbocycles. The van der Waals surface area contributed by atoms with E-state index in [0.29, 0.717) is 42.2 Å². The molecule has 1 aromatic heterocycles. The van der Waals surface area contributed by atoms with Crippen LogP contribution in [0.3, 0.4) is 0 Å². The largest absolute Gasteiger partial charge is 0.374 e. The van der Waals surface area contributed by atoms with Crippen molar-refractivity contribution < 1.29 is 18.3 Å². The highest BCUT2D eigenvalue weighted by Gasteiger charge is 2.52. The van der Waals surface area contributed by atoms with Gasteiger partial charge in [-0.15, -0.1) is 11.3 Å². The quantitative estimate of drug-likeness (QED) is 0.813. The SMILES string of the molecule is O=C1c2ccsc2N=C2N(c3ccc(C4CCS(=O)(=O)CC4)cc3)CCC12O. The molecule has 28 heavy (non-hydrogen) atoms. The van der Waals surface area contributed by atoms with Gasteiger partial charge in [-0.05, 0) is 47.9 Å². The van der Waals surface area contributed by atoms with Gasteiger partial charge in [-0.25, -0.2) is 13.4 Å². The maximum atomic E-state index is 12.8. The maximum absolute atomic E-state index is 12.8. The van der Waals surface area contributed by atoms with Crippen molar-refractivity contribution in [2.75, 3.05) is 23.0 Å². The summed E-state index contributed by atoms with van der Waals surface area (Å²) < 4.78 is 23.3. The first kappa shape index (κ1) is 18.0. The molecule has 3 aliphatic rings. The van der Waals surface area contributed by atoms with Crippen LogP contribution >= 0.6 is 11.3 Å². The Bertz CT molecular complexity index is 1070. The van der Waals surface area contributed by atoms with Gasteiger partial charge >= 0.3 is 0 Å². The fourth-order valence-corrected chi connectivity index (χ4v) is 6.61. The second-order valence-electron chi connectivity index (χ2n) is 7.68. The van der Waals surface area contributed by atoms with E-state index in [1.165, 1.54) is 11.3 Å². The molecule has 0 aliphatic carbocycles. The number of amidine groups is 1. The minimum absolute atomic E-state index is 0.251. The lowest BCUT2D eigenvalue weighted by molar-refractivity contribution is 0.0603. The normalized spacial score (nSPS) is 26.7. The molecule has 0 radical (unpaired) electrons. The first-order valence-corrected chi connectivity index (χ1v) is 12.1. The van der Waals surface area contributed by atoms with Gasteiger partial charge in [-0.3, -0.25) is 4.79 Å². The van der Waals surface area contributed by atoms with Crippen molar-refractivity contribution in [1.29, 1.82) is 0 Å². The topological polar surface area (TPSA) is 87.0 Å². The minimum Gasteiger partial charge on any atom is -0.374 e. The number of ketones is 1. The molecule has 6 nitrogen and oxygen atoms in total. The molecule has 0 spiro atoms. The Balaban J connectivity index is 1.42. The highest BCUT2D eigenvalue weighted by Crippen LogP contribution is 2.42. The summed E-state index contributed by atoms with van der Waals surface area (Å²) in [6, 6.07) is 9.72. The van der Waals surface area contributed by atoms with Gasteiger partial charge in [0, 0.05) is 18.7 Å². The number of hydrogen-bond acceptors (Lipinski definition) is 7. The van der Waals surface area contributed by atoms with Crippen molar-refractivity contribution in [3.8, 4) is 0 Å². The molecule has 1 unspecified atom stereocenters. The number of aliphatic imine (C=N–C) groups is 1. The highest BCUT2D eigenvalue weighted by molar-refractivity contribution is 7.91. The number of benzene rings is 1. The molecule has 8 heteroatoms. The average molecular weight is 417 g/mol. The maximum Gasteiger partial charge on any atom is 0.205 e. The van der Waals surface area contributed by atoms with Crippen LogP contribution in [-0.4, -0.2) is 48.8 Å². The predicted molar refractivity (Wildman–Crippen MR) is 110 cm³/mol. The fourth-order valence-electron chi connectivity index (χ4n) is 4.36. The van der Waals surface area contributed by atoms with E-state index in [1.54, 1.807) is 6.07 Å². The van der Waals surface area contributed by atoms with E-state index in [-0.39, 0.29) is 23.2 Å². The number of sulfone groups is 1. The predicted octanol–water partition coefficient (Wildman–Crippen LogP) is 2.91. The molecular formula is C20H20N2O4S2. The zero-order chi connectivity index (χ0) is 19.5. The summed E-state index contributed by atoms with van der Waals surface area (Å²) in [5, 5.41) is 13.5. The number of hydrogen-bond donors (Lipinski definition) is 1. The van der Waals surface area contributed by atoms with Crippen molar-refractivity contribution in [3.63, 3.8) is 0 Å². The first-order chi connectivity index (χ1) is 13.4. The number of fused-ring (bicyclic) bond motifs is 2. The second kappa shape index (κ2) is 6.23. The third-order valence-corrected chi connectivity index (χ3v) is 8.55. The van der Waals surface area contributed by atoms with Crippen LogP contribution in [0.1, 0.15) is 41.1 Å². The van der Waals surface area contributed by atoms with Crippen LogP contribution in [0.25, 0.3) is 0 Å². The van der Waals surface area contributed by atoms with Gasteiger partial charge in [-0.2, -0.15) is 0 Å². The molecular weight excluding hydrogens is 396 g/mol. The first-order valence-electron chi connectivity index (χ1n) is 9.39. The Labute approximate surface area is 167 Å². The number of anilines is 1. The monoisotopic (exact) mass is 416 g/mol. The van der Waals surface area contributed by atoms with Crippen molar-refractivity contribution in [2.45, 2.75) is 30.8 Å². The zero-order valence-corrected chi connectivity index (χ0v) is 16.8. The molecule has 4 heterocycles. The summed E-state index contributed by atoms with van der Waals surface area (Å²) >= 11 is 1.40. The van der Waals surface area contributed by atoms with Crippen LogP contribution in [0.5, 0.6) is 0 Å². The van der Waals surface area contributed by atoms with E-state index in [4.69, 9.17) is 0 Å². The molecule has 1 N–H and O–H groups in total. The molecule has 0 saturated carbocycles. The number of carbonyl (C=O) groups is 1. The number of carbonyl (C=O) groups excluding carboxylic acids is 1. The van der Waals surface area contributed by atoms with Crippen molar-refractivity contribution >= 4 is 43.5 Å². The van der Waals surface area contributed by atoms with Crippen LogP contribution in [-0.2, 0) is 9.84 Å². The molecule has 0 amide bonds. The molecule has 2 aromatic rings. The van der Waals surface area contributed by atoms with Gasteiger partial charge in [0.15, 0.2) is 11.4 Å². The molecule has 3 aliphatic heterocycles. The van der Waals surface area contributed by atoms with Crippen molar-refractivity contribution in [3.05, 3.63) is 46.8 Å². The smallest absolute Gasteiger partial charge is 0.205 e. The molecule has 2 fully saturated rings. The summed E-state index contributed by atoms with van der Waals surface area (Å²) in [7, 11) is -2.87. The van der Waals surface area contributed by atoms with Gasteiger partial charge in [-0.1, -0.05) is 12.1 Å². The number of aliphatic hydroxyl groups is 1. The van der Waals surface area contributed by atoms with E-state index < -0.39 is 15.4 Å². The van der Waals surface area contributed by atoms with E-state index in [0.717, 1.165) is 11.3 Å². The standard InChI is InChI=1S/C20H20N2O4S2/c23-17-16-5-10-27-18(16)21-19-20(17,24)8-9-22(19)15-3-1-13(2-4-15)14-6-11-28(25,26)12-7-14/h1-5,10,14,24H,6-9,11-12H2. The molecule has 0 bridgehead atoms. The van der Waals surface area contributed by atoms with Crippen LogP contribution in [0, 0.1) is 0 Å². The number of Topliss-reactive ketones (excluding diaryl/α,β-unsaturated/α-hetero) is 1. The Morgan fingerprint density at radius 2 is 1.86 bits per heavy atom. The summed E-state index contributed by atoms with van der Waals surface area (Å²) in [5.41, 5.74) is 0.968. The lowest BCUT2D eigenvalue weighted by atomic mass is 9.90. The zero-order valence-electron chi connectivity index (χ0n) is 15.2. The van der Waals surface area contributed by atoms with Gasteiger partial charge in [0.05, 0.1) is 17.1 Å². The lowest BCUT2D eigenvalue weighted by Gasteiger charge is -2.29. The number of thiophene rings is 1. The van der Waals surface area contributed by atoms with Gasteiger partial charge in [0.2, 0.25) is 5.78 Å². The van der Waals surface area contributed by atoms with Crippen molar-refractivity contribution in [1.82, 2.24) is 0 Å². The molecule has 5 rings (SSSR count). The van der Waals surface area contributed by atoms with Crippen LogP contribution in [0.15, 0.2) is 40.7 Å². The van der Waals surface area contributed by atoms with E-state index in [9.17, 15) is 18.3 Å².